The van der Waals surface area contributed by atoms with Gasteiger partial charge in [-0.15, -0.1) is 0 Å². The van der Waals surface area contributed by atoms with Crippen molar-refractivity contribution < 1.29 is 22.7 Å². The number of carbonyl (C=O) groups is 2. The number of hydrogen-bond donors (Lipinski definition) is 1. The topological polar surface area (TPSA) is 96.0 Å². The standard InChI is InChI=1S/C31H39N3O5S/c1-5-7-21-32-31(36)24(3)33(22-25-17-19-27(39-4)20-18-25)30(35)23-34(29-16-12-11-13-26(29)6-2)40(37,38)28-14-9-8-10-15-28/h8-20,24H,5-7,21-23H2,1-4H3,(H,32,36). The lowest BCUT2D eigenvalue weighted by Gasteiger charge is -2.32. The number of sulfonamides is 1. The van der Waals surface area contributed by atoms with Gasteiger partial charge in [0.1, 0.15) is 18.3 Å². The highest BCUT2D eigenvalue weighted by atomic mass is 32.2. The van der Waals surface area contributed by atoms with Crippen LogP contribution in [0.15, 0.2) is 83.8 Å². The molecule has 0 saturated heterocycles. The number of nitrogens with zero attached hydrogens (tertiary/aromatic N) is 2. The summed E-state index contributed by atoms with van der Waals surface area (Å²) in [5.74, 6) is -0.107. The van der Waals surface area contributed by atoms with Crippen molar-refractivity contribution in [3.05, 3.63) is 90.0 Å². The molecule has 0 aromatic heterocycles. The first-order valence-corrected chi connectivity index (χ1v) is 15.0. The number of unbranched alkanes of at least 4 members (excludes halogenated alkanes) is 1. The van der Waals surface area contributed by atoms with Crippen LogP contribution in [0.2, 0.25) is 0 Å². The third kappa shape index (κ3) is 7.63. The predicted molar refractivity (Wildman–Crippen MR) is 158 cm³/mol. The second-order valence-corrected chi connectivity index (χ2v) is 11.4. The zero-order valence-corrected chi connectivity index (χ0v) is 24.5. The number of amides is 2. The number of benzene rings is 3. The maximum atomic E-state index is 14.0. The molecular formula is C31H39N3O5S. The van der Waals surface area contributed by atoms with Crippen molar-refractivity contribution in [1.29, 1.82) is 0 Å². The third-order valence-electron chi connectivity index (χ3n) is 6.76. The summed E-state index contributed by atoms with van der Waals surface area (Å²) in [5, 5.41) is 2.90. The van der Waals surface area contributed by atoms with Gasteiger partial charge in [-0.3, -0.25) is 13.9 Å². The first-order chi connectivity index (χ1) is 19.2. The van der Waals surface area contributed by atoms with Crippen molar-refractivity contribution in [1.82, 2.24) is 10.2 Å². The number of ether oxygens (including phenoxy) is 1. The molecule has 1 unspecified atom stereocenters. The molecule has 1 atom stereocenters. The Kier molecular flexibility index (Phi) is 11.1. The molecule has 0 bridgehead atoms. The Hall–Kier alpha value is -3.85. The van der Waals surface area contributed by atoms with Crippen molar-refractivity contribution >= 4 is 27.5 Å². The molecule has 9 heteroatoms. The molecule has 3 aromatic carbocycles. The van der Waals surface area contributed by atoms with Gasteiger partial charge in [-0.05, 0) is 61.2 Å². The maximum Gasteiger partial charge on any atom is 0.264 e. The van der Waals surface area contributed by atoms with E-state index in [2.05, 4.69) is 5.32 Å². The van der Waals surface area contributed by atoms with Gasteiger partial charge in [-0.2, -0.15) is 0 Å². The van der Waals surface area contributed by atoms with E-state index < -0.39 is 28.5 Å². The van der Waals surface area contributed by atoms with Crippen molar-refractivity contribution in [2.75, 3.05) is 24.5 Å². The molecule has 0 aliphatic heterocycles. The van der Waals surface area contributed by atoms with Gasteiger partial charge >= 0.3 is 0 Å². The van der Waals surface area contributed by atoms with Gasteiger partial charge in [0, 0.05) is 13.1 Å². The monoisotopic (exact) mass is 565 g/mol. The van der Waals surface area contributed by atoms with E-state index in [-0.39, 0.29) is 17.3 Å². The summed E-state index contributed by atoms with van der Waals surface area (Å²) in [4.78, 5) is 28.6. The van der Waals surface area contributed by atoms with E-state index in [0.29, 0.717) is 24.4 Å². The molecule has 8 nitrogen and oxygen atoms in total. The Morgan fingerprint density at radius 3 is 2.20 bits per heavy atom. The van der Waals surface area contributed by atoms with E-state index >= 15 is 0 Å². The molecule has 0 aliphatic rings. The second-order valence-electron chi connectivity index (χ2n) is 9.50. The molecule has 0 spiro atoms. The summed E-state index contributed by atoms with van der Waals surface area (Å²) in [5.41, 5.74) is 2.02. The van der Waals surface area contributed by atoms with E-state index in [9.17, 15) is 18.0 Å². The van der Waals surface area contributed by atoms with Crippen molar-refractivity contribution in [2.24, 2.45) is 0 Å². The van der Waals surface area contributed by atoms with Gasteiger partial charge in [0.15, 0.2) is 0 Å². The average molecular weight is 566 g/mol. The molecule has 1 N–H and O–H groups in total. The van der Waals surface area contributed by atoms with Crippen LogP contribution in [0.25, 0.3) is 0 Å². The second kappa shape index (κ2) is 14.5. The normalized spacial score (nSPS) is 11.9. The predicted octanol–water partition coefficient (Wildman–Crippen LogP) is 4.79. The lowest BCUT2D eigenvalue weighted by molar-refractivity contribution is -0.139. The van der Waals surface area contributed by atoms with E-state index in [1.807, 2.05) is 38.1 Å². The minimum absolute atomic E-state index is 0.0840. The Labute approximate surface area is 238 Å². The van der Waals surface area contributed by atoms with Gasteiger partial charge in [0.25, 0.3) is 10.0 Å². The molecule has 0 radical (unpaired) electrons. The zero-order valence-electron chi connectivity index (χ0n) is 23.7. The molecule has 0 aliphatic carbocycles. The lowest BCUT2D eigenvalue weighted by Crippen LogP contribution is -2.51. The maximum absolute atomic E-state index is 14.0. The first kappa shape index (κ1) is 30.7. The largest absolute Gasteiger partial charge is 0.497 e. The number of anilines is 1. The molecule has 0 heterocycles. The number of rotatable bonds is 14. The van der Waals surface area contributed by atoms with Crippen LogP contribution >= 0.6 is 0 Å². The summed E-state index contributed by atoms with van der Waals surface area (Å²) in [6.07, 6.45) is 2.32. The molecule has 3 aromatic rings. The van der Waals surface area contributed by atoms with E-state index in [4.69, 9.17) is 4.74 Å². The minimum atomic E-state index is -4.09. The number of nitrogens with one attached hydrogen (secondary N) is 1. The fraction of sp³-hybridized carbons (Fsp3) is 0.355. The smallest absolute Gasteiger partial charge is 0.264 e. The van der Waals surface area contributed by atoms with Crippen LogP contribution in [0.1, 0.15) is 44.7 Å². The number of carbonyl (C=O) groups excluding carboxylic acids is 2. The van der Waals surface area contributed by atoms with Crippen LogP contribution in [0, 0.1) is 0 Å². The van der Waals surface area contributed by atoms with E-state index in [1.165, 1.54) is 17.0 Å². The van der Waals surface area contributed by atoms with Crippen LogP contribution in [0.4, 0.5) is 5.69 Å². The van der Waals surface area contributed by atoms with E-state index in [1.54, 1.807) is 56.5 Å². The Morgan fingerprint density at radius 1 is 0.925 bits per heavy atom. The fourth-order valence-corrected chi connectivity index (χ4v) is 5.81. The molecule has 0 fully saturated rings. The SMILES string of the molecule is CCCCNC(=O)C(C)N(Cc1ccc(OC)cc1)C(=O)CN(c1ccccc1CC)S(=O)(=O)c1ccccc1. The molecule has 40 heavy (non-hydrogen) atoms. The summed E-state index contributed by atoms with van der Waals surface area (Å²) < 4.78 is 34.3. The quantitative estimate of drug-likeness (QED) is 0.284. The summed E-state index contributed by atoms with van der Waals surface area (Å²) >= 11 is 0. The van der Waals surface area contributed by atoms with Crippen LogP contribution < -0.4 is 14.4 Å². The third-order valence-corrected chi connectivity index (χ3v) is 8.53. The minimum Gasteiger partial charge on any atom is -0.497 e. The number of hydrogen-bond acceptors (Lipinski definition) is 5. The highest BCUT2D eigenvalue weighted by Gasteiger charge is 2.33. The summed E-state index contributed by atoms with van der Waals surface area (Å²) in [7, 11) is -2.52. The van der Waals surface area contributed by atoms with Crippen LogP contribution in [-0.4, -0.2) is 51.4 Å². The number of methoxy groups -OCH3 is 1. The van der Waals surface area contributed by atoms with Crippen LogP contribution in [0.5, 0.6) is 5.75 Å². The Morgan fingerprint density at radius 2 is 1.57 bits per heavy atom. The average Bonchev–Trinajstić information content (AvgIpc) is 2.98. The van der Waals surface area contributed by atoms with Crippen molar-refractivity contribution in [3.8, 4) is 5.75 Å². The van der Waals surface area contributed by atoms with E-state index in [0.717, 1.165) is 28.3 Å². The lowest BCUT2D eigenvalue weighted by atomic mass is 10.1. The fourth-order valence-electron chi connectivity index (χ4n) is 4.33. The molecule has 214 valence electrons. The van der Waals surface area contributed by atoms with Gasteiger partial charge in [-0.1, -0.05) is 68.8 Å². The molecule has 2 amide bonds. The van der Waals surface area contributed by atoms with Gasteiger partial charge < -0.3 is 15.0 Å². The highest BCUT2D eigenvalue weighted by molar-refractivity contribution is 7.92. The highest BCUT2D eigenvalue weighted by Crippen LogP contribution is 2.28. The van der Waals surface area contributed by atoms with Gasteiger partial charge in [0.05, 0.1) is 17.7 Å². The number of para-hydroxylation sites is 1. The molecule has 0 saturated carbocycles. The summed E-state index contributed by atoms with van der Waals surface area (Å²) in [6.45, 7) is 5.80. The van der Waals surface area contributed by atoms with Gasteiger partial charge in [0.2, 0.25) is 11.8 Å². The molecular weight excluding hydrogens is 526 g/mol. The summed E-state index contributed by atoms with van der Waals surface area (Å²) in [6, 6.07) is 21.6. The van der Waals surface area contributed by atoms with Gasteiger partial charge in [-0.25, -0.2) is 8.42 Å². The van der Waals surface area contributed by atoms with Crippen LogP contribution in [-0.2, 0) is 32.6 Å². The Balaban J connectivity index is 2.01. The van der Waals surface area contributed by atoms with Crippen LogP contribution in [0.3, 0.4) is 0 Å². The molecule has 3 rings (SSSR count). The van der Waals surface area contributed by atoms with Crippen molar-refractivity contribution in [3.63, 3.8) is 0 Å². The number of aryl methyl sites for hydroxylation is 1. The van der Waals surface area contributed by atoms with Crippen molar-refractivity contribution in [2.45, 2.75) is 57.5 Å². The first-order valence-electron chi connectivity index (χ1n) is 13.6. The zero-order chi connectivity index (χ0) is 29.1. The Bertz CT molecular complexity index is 1360.